The van der Waals surface area contributed by atoms with Crippen molar-refractivity contribution < 1.29 is 0 Å². The highest BCUT2D eigenvalue weighted by molar-refractivity contribution is 7.17. The molecule has 0 atom stereocenters. The third kappa shape index (κ3) is 1.55. The van der Waals surface area contributed by atoms with Crippen molar-refractivity contribution in [3.05, 3.63) is 28.4 Å². The summed E-state index contributed by atoms with van der Waals surface area (Å²) >= 11 is 7.62. The van der Waals surface area contributed by atoms with Gasteiger partial charge in [0.1, 0.15) is 5.15 Å². The quantitative estimate of drug-likeness (QED) is 0.777. The first-order valence-electron chi connectivity index (χ1n) is 4.03. The molecule has 4 heteroatoms. The van der Waals surface area contributed by atoms with Gasteiger partial charge in [0.25, 0.3) is 0 Å². The Morgan fingerprint density at radius 2 is 2.38 bits per heavy atom. The van der Waals surface area contributed by atoms with Crippen LogP contribution in [0.25, 0.3) is 10.1 Å². The largest absolute Gasteiger partial charge is 0.330 e. The molecule has 2 aromatic heterocycles. The summed E-state index contributed by atoms with van der Waals surface area (Å²) < 4.78 is 1.21. The number of pyridine rings is 1. The second-order valence-electron chi connectivity index (χ2n) is 2.78. The SMILES string of the molecule is NCCc1cnc(Cl)c2ccsc12. The Hall–Kier alpha value is -0.640. The second-order valence-corrected chi connectivity index (χ2v) is 4.05. The van der Waals surface area contributed by atoms with E-state index in [4.69, 9.17) is 17.3 Å². The summed E-state index contributed by atoms with van der Waals surface area (Å²) in [7, 11) is 0. The average Bonchev–Trinajstić information content (AvgIpc) is 2.59. The minimum Gasteiger partial charge on any atom is -0.330 e. The Morgan fingerprint density at radius 1 is 1.54 bits per heavy atom. The summed E-state index contributed by atoms with van der Waals surface area (Å²) in [5.41, 5.74) is 6.69. The van der Waals surface area contributed by atoms with E-state index in [9.17, 15) is 0 Å². The molecule has 2 rings (SSSR count). The molecule has 2 N–H and O–H groups in total. The van der Waals surface area contributed by atoms with E-state index in [-0.39, 0.29) is 0 Å². The van der Waals surface area contributed by atoms with E-state index in [0.29, 0.717) is 11.7 Å². The number of rotatable bonds is 2. The Balaban J connectivity index is 2.64. The molecule has 0 aliphatic carbocycles. The first-order valence-corrected chi connectivity index (χ1v) is 5.29. The number of fused-ring (bicyclic) bond motifs is 1. The van der Waals surface area contributed by atoms with Gasteiger partial charge >= 0.3 is 0 Å². The molecule has 0 amide bonds. The van der Waals surface area contributed by atoms with Crippen LogP contribution in [0.3, 0.4) is 0 Å². The van der Waals surface area contributed by atoms with E-state index in [1.165, 1.54) is 10.3 Å². The molecule has 0 aliphatic rings. The summed E-state index contributed by atoms with van der Waals surface area (Å²) in [6, 6.07) is 2.00. The summed E-state index contributed by atoms with van der Waals surface area (Å²) in [6.07, 6.45) is 2.68. The van der Waals surface area contributed by atoms with Crippen LogP contribution in [-0.4, -0.2) is 11.5 Å². The van der Waals surface area contributed by atoms with Gasteiger partial charge in [-0.05, 0) is 30.0 Å². The molecule has 0 saturated carbocycles. The lowest BCUT2D eigenvalue weighted by atomic mass is 10.2. The van der Waals surface area contributed by atoms with Gasteiger partial charge in [-0.2, -0.15) is 0 Å². The van der Waals surface area contributed by atoms with Crippen molar-refractivity contribution in [2.45, 2.75) is 6.42 Å². The normalized spacial score (nSPS) is 10.9. The van der Waals surface area contributed by atoms with Crippen LogP contribution >= 0.6 is 22.9 Å². The Bertz CT molecular complexity index is 424. The lowest BCUT2D eigenvalue weighted by Crippen LogP contribution is -2.03. The zero-order valence-corrected chi connectivity index (χ0v) is 8.53. The molecule has 0 fully saturated rings. The van der Waals surface area contributed by atoms with Crippen LogP contribution in [0.2, 0.25) is 5.15 Å². The molecule has 0 unspecified atom stereocenters. The molecule has 0 aromatic carbocycles. The predicted molar refractivity (Wildman–Crippen MR) is 57.4 cm³/mol. The van der Waals surface area contributed by atoms with Gasteiger partial charge < -0.3 is 5.73 Å². The highest BCUT2D eigenvalue weighted by Gasteiger charge is 2.05. The first kappa shape index (κ1) is 8.94. The fourth-order valence-corrected chi connectivity index (χ4v) is 2.52. The van der Waals surface area contributed by atoms with Crippen molar-refractivity contribution in [1.29, 1.82) is 0 Å². The van der Waals surface area contributed by atoms with Gasteiger partial charge in [-0.1, -0.05) is 11.6 Å². The van der Waals surface area contributed by atoms with Gasteiger partial charge in [0.15, 0.2) is 0 Å². The number of nitrogens with two attached hydrogens (primary N) is 1. The molecule has 2 nitrogen and oxygen atoms in total. The van der Waals surface area contributed by atoms with Gasteiger partial charge in [0, 0.05) is 16.3 Å². The molecular weight excluding hydrogens is 204 g/mol. The molecular formula is C9H9ClN2S. The Kier molecular flexibility index (Phi) is 2.49. The fraction of sp³-hybridized carbons (Fsp3) is 0.222. The average molecular weight is 213 g/mol. The van der Waals surface area contributed by atoms with E-state index in [0.717, 1.165) is 11.8 Å². The van der Waals surface area contributed by atoms with Crippen LogP contribution < -0.4 is 5.73 Å². The summed E-state index contributed by atoms with van der Waals surface area (Å²) in [4.78, 5) is 4.11. The first-order chi connectivity index (χ1) is 6.33. The lowest BCUT2D eigenvalue weighted by molar-refractivity contribution is 0.971. The van der Waals surface area contributed by atoms with Crippen LogP contribution in [0.5, 0.6) is 0 Å². The molecule has 2 heterocycles. The number of thiophene rings is 1. The topological polar surface area (TPSA) is 38.9 Å². The number of hydrogen-bond donors (Lipinski definition) is 1. The van der Waals surface area contributed by atoms with Gasteiger partial charge in [-0.25, -0.2) is 4.98 Å². The molecule has 13 heavy (non-hydrogen) atoms. The molecule has 0 aliphatic heterocycles. The van der Waals surface area contributed by atoms with Crippen LogP contribution in [0, 0.1) is 0 Å². The van der Waals surface area contributed by atoms with Crippen molar-refractivity contribution in [1.82, 2.24) is 4.98 Å². The van der Waals surface area contributed by atoms with Crippen molar-refractivity contribution >= 4 is 33.0 Å². The van der Waals surface area contributed by atoms with Crippen molar-refractivity contribution in [2.24, 2.45) is 5.73 Å². The second kappa shape index (κ2) is 3.62. The number of halogens is 1. The third-order valence-electron chi connectivity index (χ3n) is 1.93. The van der Waals surface area contributed by atoms with Gasteiger partial charge in [-0.3, -0.25) is 0 Å². The molecule has 0 bridgehead atoms. The van der Waals surface area contributed by atoms with Gasteiger partial charge in [0.2, 0.25) is 0 Å². The zero-order valence-electron chi connectivity index (χ0n) is 6.96. The molecule has 0 spiro atoms. The van der Waals surface area contributed by atoms with E-state index in [2.05, 4.69) is 4.98 Å². The maximum atomic E-state index is 5.93. The van der Waals surface area contributed by atoms with Crippen LogP contribution in [0.1, 0.15) is 5.56 Å². The molecule has 2 aromatic rings. The smallest absolute Gasteiger partial charge is 0.137 e. The standard InChI is InChI=1S/C9H9ClN2S/c10-9-7-2-4-13-8(7)6(1-3-11)5-12-9/h2,4-5H,1,3,11H2. The molecule has 0 saturated heterocycles. The van der Waals surface area contributed by atoms with E-state index in [1.807, 2.05) is 17.6 Å². The monoisotopic (exact) mass is 212 g/mol. The van der Waals surface area contributed by atoms with Crippen molar-refractivity contribution in [3.63, 3.8) is 0 Å². The zero-order chi connectivity index (χ0) is 9.26. The van der Waals surface area contributed by atoms with E-state index < -0.39 is 0 Å². The fourth-order valence-electron chi connectivity index (χ4n) is 1.32. The summed E-state index contributed by atoms with van der Waals surface area (Å²) in [5.74, 6) is 0. The molecule has 68 valence electrons. The van der Waals surface area contributed by atoms with Crippen molar-refractivity contribution in [3.8, 4) is 0 Å². The predicted octanol–water partition coefficient (Wildman–Crippen LogP) is 2.45. The van der Waals surface area contributed by atoms with Crippen LogP contribution in [0.4, 0.5) is 0 Å². The maximum absolute atomic E-state index is 5.93. The number of aromatic nitrogens is 1. The van der Waals surface area contributed by atoms with Gasteiger partial charge in [0.05, 0.1) is 0 Å². The van der Waals surface area contributed by atoms with Gasteiger partial charge in [-0.15, -0.1) is 11.3 Å². The highest BCUT2D eigenvalue weighted by Crippen LogP contribution is 2.29. The Morgan fingerprint density at radius 3 is 3.15 bits per heavy atom. The van der Waals surface area contributed by atoms with E-state index in [1.54, 1.807) is 11.3 Å². The van der Waals surface area contributed by atoms with E-state index >= 15 is 0 Å². The third-order valence-corrected chi connectivity index (χ3v) is 3.22. The maximum Gasteiger partial charge on any atom is 0.137 e. The highest BCUT2D eigenvalue weighted by atomic mass is 35.5. The lowest BCUT2D eigenvalue weighted by Gasteiger charge is -2.00. The summed E-state index contributed by atoms with van der Waals surface area (Å²) in [6.45, 7) is 0.649. The number of nitrogens with zero attached hydrogens (tertiary/aromatic N) is 1. The van der Waals surface area contributed by atoms with Crippen LogP contribution in [0.15, 0.2) is 17.6 Å². The molecule has 0 radical (unpaired) electrons. The minimum atomic E-state index is 0.581. The summed E-state index contributed by atoms with van der Waals surface area (Å²) in [5, 5.41) is 3.65. The van der Waals surface area contributed by atoms with Crippen molar-refractivity contribution in [2.75, 3.05) is 6.54 Å². The minimum absolute atomic E-state index is 0.581. The number of hydrogen-bond acceptors (Lipinski definition) is 3. The van der Waals surface area contributed by atoms with Crippen LogP contribution in [-0.2, 0) is 6.42 Å². The Labute approximate surface area is 85.3 Å².